The number of halogens is 1. The molecule has 0 atom stereocenters. The SMILES string of the molecule is OCCNCl. The highest BCUT2D eigenvalue weighted by atomic mass is 35.5. The summed E-state index contributed by atoms with van der Waals surface area (Å²) in [4.78, 5) is 2.24. The van der Waals surface area contributed by atoms with Crippen LogP contribution in [0.3, 0.4) is 0 Å². The first-order chi connectivity index (χ1) is 2.41. The van der Waals surface area contributed by atoms with Gasteiger partial charge in [-0.05, 0) is 11.8 Å². The van der Waals surface area contributed by atoms with Gasteiger partial charge in [0.2, 0.25) is 0 Å². The van der Waals surface area contributed by atoms with Crippen LogP contribution in [0.5, 0.6) is 0 Å². The third-order valence-corrected chi connectivity index (χ3v) is 0.395. The van der Waals surface area contributed by atoms with Gasteiger partial charge in [0.25, 0.3) is 0 Å². The van der Waals surface area contributed by atoms with Crippen LogP contribution in [0.1, 0.15) is 0 Å². The molecule has 3 heteroatoms. The van der Waals surface area contributed by atoms with Gasteiger partial charge in [0, 0.05) is 6.54 Å². The lowest BCUT2D eigenvalue weighted by molar-refractivity contribution is 0.302. The number of hydrogen-bond donors (Lipinski definition) is 2. The standard InChI is InChI=1S/C2H6ClNO/c3-4-1-2-5/h4-5H,1-2H2. The fourth-order valence-corrected chi connectivity index (χ4v) is 0.127. The van der Waals surface area contributed by atoms with Crippen molar-refractivity contribution >= 4 is 11.8 Å². The summed E-state index contributed by atoms with van der Waals surface area (Å²) in [5.74, 6) is 0. The second kappa shape index (κ2) is 4.21. The average Bonchev–Trinajstić information content (AvgIpc) is 1.41. The number of aliphatic hydroxyl groups is 1. The third-order valence-electron chi connectivity index (χ3n) is 0.206. The molecule has 0 unspecified atom stereocenters. The van der Waals surface area contributed by atoms with Crippen molar-refractivity contribution < 1.29 is 5.11 Å². The smallest absolute Gasteiger partial charge is 0.0569 e. The summed E-state index contributed by atoms with van der Waals surface area (Å²) in [6, 6.07) is 0. The van der Waals surface area contributed by atoms with E-state index in [0.717, 1.165) is 0 Å². The second-order valence-corrected chi connectivity index (χ2v) is 0.874. The predicted molar refractivity (Wildman–Crippen MR) is 20.9 cm³/mol. The Hall–Kier alpha value is 0.210. The van der Waals surface area contributed by atoms with Crippen molar-refractivity contribution in [3.63, 3.8) is 0 Å². The zero-order valence-electron chi connectivity index (χ0n) is 2.74. The number of rotatable bonds is 2. The third kappa shape index (κ3) is 4.21. The highest BCUT2D eigenvalue weighted by Gasteiger charge is 1.68. The van der Waals surface area contributed by atoms with E-state index in [9.17, 15) is 0 Å². The summed E-state index contributed by atoms with van der Waals surface area (Å²) in [5, 5.41) is 7.92. The van der Waals surface area contributed by atoms with Crippen LogP contribution in [-0.2, 0) is 0 Å². The Balaban J connectivity index is 2.19. The molecule has 0 aliphatic heterocycles. The van der Waals surface area contributed by atoms with E-state index in [4.69, 9.17) is 16.9 Å². The van der Waals surface area contributed by atoms with E-state index in [2.05, 4.69) is 4.84 Å². The molecule has 0 fully saturated rings. The van der Waals surface area contributed by atoms with Gasteiger partial charge < -0.3 is 5.11 Å². The molecule has 0 heterocycles. The molecule has 0 aliphatic rings. The van der Waals surface area contributed by atoms with Crippen LogP contribution in [-0.4, -0.2) is 18.3 Å². The van der Waals surface area contributed by atoms with Crippen LogP contribution in [0.4, 0.5) is 0 Å². The van der Waals surface area contributed by atoms with Crippen molar-refractivity contribution in [1.29, 1.82) is 0 Å². The minimum absolute atomic E-state index is 0.101. The van der Waals surface area contributed by atoms with Gasteiger partial charge in [-0.2, -0.15) is 0 Å². The summed E-state index contributed by atoms with van der Waals surface area (Å²) in [6.45, 7) is 0.561. The maximum Gasteiger partial charge on any atom is 0.0569 e. The van der Waals surface area contributed by atoms with Crippen molar-refractivity contribution in [1.82, 2.24) is 4.84 Å². The fourth-order valence-electron chi connectivity index (χ4n) is 0.0423. The molecule has 0 bridgehead atoms. The lowest BCUT2D eigenvalue weighted by atomic mass is 10.8. The van der Waals surface area contributed by atoms with E-state index < -0.39 is 0 Å². The lowest BCUT2D eigenvalue weighted by Gasteiger charge is -1.81. The first kappa shape index (κ1) is 5.21. The van der Waals surface area contributed by atoms with Gasteiger partial charge in [0.1, 0.15) is 0 Å². The van der Waals surface area contributed by atoms with Gasteiger partial charge in [-0.3, -0.25) is 0 Å². The molecule has 0 spiro atoms. The van der Waals surface area contributed by atoms with Crippen molar-refractivity contribution in [2.24, 2.45) is 0 Å². The maximum absolute atomic E-state index is 7.92. The Kier molecular flexibility index (Phi) is 4.39. The number of nitrogens with one attached hydrogen (secondary N) is 1. The van der Waals surface area contributed by atoms with E-state index in [1.54, 1.807) is 0 Å². The molecule has 5 heavy (non-hydrogen) atoms. The van der Waals surface area contributed by atoms with Crippen LogP contribution in [0.25, 0.3) is 0 Å². The van der Waals surface area contributed by atoms with E-state index >= 15 is 0 Å². The van der Waals surface area contributed by atoms with Gasteiger partial charge in [-0.15, -0.1) is 0 Å². The number of aliphatic hydroxyl groups excluding tert-OH is 1. The van der Waals surface area contributed by atoms with Gasteiger partial charge in [0.05, 0.1) is 6.61 Å². The molecule has 0 saturated heterocycles. The molecule has 2 N–H and O–H groups in total. The van der Waals surface area contributed by atoms with Crippen LogP contribution in [0, 0.1) is 0 Å². The molecule has 2 nitrogen and oxygen atoms in total. The van der Waals surface area contributed by atoms with Crippen LogP contribution in [0.15, 0.2) is 0 Å². The normalized spacial score (nSPS) is 8.40. The zero-order valence-corrected chi connectivity index (χ0v) is 3.50. The van der Waals surface area contributed by atoms with Crippen LogP contribution >= 0.6 is 11.8 Å². The Labute approximate surface area is 35.9 Å². The van der Waals surface area contributed by atoms with Crippen molar-refractivity contribution in [3.8, 4) is 0 Å². The molecular formula is C2H6ClNO. The monoisotopic (exact) mass is 95.0 g/mol. The summed E-state index contributed by atoms with van der Waals surface area (Å²) >= 11 is 4.89. The highest BCUT2D eigenvalue weighted by Crippen LogP contribution is 1.55. The molecule has 0 aromatic rings. The van der Waals surface area contributed by atoms with Gasteiger partial charge >= 0.3 is 0 Å². The van der Waals surface area contributed by atoms with E-state index in [1.165, 1.54) is 0 Å². The van der Waals surface area contributed by atoms with Gasteiger partial charge in [0.15, 0.2) is 0 Å². The van der Waals surface area contributed by atoms with E-state index in [0.29, 0.717) is 6.54 Å². The molecule has 0 aliphatic carbocycles. The number of hydrogen-bond acceptors (Lipinski definition) is 2. The molecule has 32 valence electrons. The minimum Gasteiger partial charge on any atom is -0.395 e. The molecule has 0 rings (SSSR count). The predicted octanol–water partition coefficient (Wildman–Crippen LogP) is -0.278. The minimum atomic E-state index is 0.101. The van der Waals surface area contributed by atoms with Crippen molar-refractivity contribution in [2.75, 3.05) is 13.2 Å². The summed E-state index contributed by atoms with van der Waals surface area (Å²) < 4.78 is 0. The maximum atomic E-state index is 7.92. The highest BCUT2D eigenvalue weighted by molar-refractivity contribution is 6.13. The van der Waals surface area contributed by atoms with E-state index in [1.807, 2.05) is 0 Å². The lowest BCUT2D eigenvalue weighted by Crippen LogP contribution is -2.04. The summed E-state index contributed by atoms with van der Waals surface area (Å²) in [6.07, 6.45) is 0. The van der Waals surface area contributed by atoms with Gasteiger partial charge in [-0.25, -0.2) is 4.84 Å². The topological polar surface area (TPSA) is 32.3 Å². The zero-order chi connectivity index (χ0) is 4.12. The largest absolute Gasteiger partial charge is 0.395 e. The molecule has 0 aromatic heterocycles. The average molecular weight is 95.5 g/mol. The first-order valence-electron chi connectivity index (χ1n) is 1.36. The Morgan fingerprint density at radius 3 is 2.40 bits per heavy atom. The Bertz CT molecular complexity index is 17.1. The Morgan fingerprint density at radius 2 is 2.40 bits per heavy atom. The van der Waals surface area contributed by atoms with Crippen LogP contribution in [0.2, 0.25) is 0 Å². The first-order valence-corrected chi connectivity index (χ1v) is 1.74. The van der Waals surface area contributed by atoms with Crippen molar-refractivity contribution in [2.45, 2.75) is 0 Å². The quantitative estimate of drug-likeness (QED) is 0.463. The summed E-state index contributed by atoms with van der Waals surface area (Å²) in [5.41, 5.74) is 0. The molecular weight excluding hydrogens is 89.5 g/mol. The van der Waals surface area contributed by atoms with Crippen molar-refractivity contribution in [3.05, 3.63) is 0 Å². The molecule has 0 amide bonds. The molecule has 0 radical (unpaired) electrons. The summed E-state index contributed by atoms with van der Waals surface area (Å²) in [7, 11) is 0. The fraction of sp³-hybridized carbons (Fsp3) is 1.00. The van der Waals surface area contributed by atoms with E-state index in [-0.39, 0.29) is 6.61 Å². The van der Waals surface area contributed by atoms with Crippen LogP contribution < -0.4 is 4.84 Å². The molecule has 0 saturated carbocycles. The second-order valence-electron chi connectivity index (χ2n) is 0.607. The molecule has 0 aromatic carbocycles. The van der Waals surface area contributed by atoms with Gasteiger partial charge in [-0.1, -0.05) is 0 Å². The Morgan fingerprint density at radius 1 is 1.80 bits per heavy atom.